The molecule has 0 amide bonds. The molecule has 1 aliphatic heterocycles. The van der Waals surface area contributed by atoms with Crippen molar-refractivity contribution in [1.82, 2.24) is 15.0 Å². The van der Waals surface area contributed by atoms with Gasteiger partial charge < -0.3 is 15.0 Å². The smallest absolute Gasteiger partial charge is 0.230 e. The van der Waals surface area contributed by atoms with Gasteiger partial charge in [-0.1, -0.05) is 0 Å². The first kappa shape index (κ1) is 13.3. The summed E-state index contributed by atoms with van der Waals surface area (Å²) < 4.78 is 5.37. The molecule has 20 heavy (non-hydrogen) atoms. The van der Waals surface area contributed by atoms with E-state index in [0.29, 0.717) is 5.95 Å². The lowest BCUT2D eigenvalue weighted by Crippen LogP contribution is -2.37. The van der Waals surface area contributed by atoms with Gasteiger partial charge in [0.25, 0.3) is 0 Å². The predicted molar refractivity (Wildman–Crippen MR) is 80.3 cm³/mol. The molecule has 2 aromatic heterocycles. The van der Waals surface area contributed by atoms with Crippen molar-refractivity contribution in [3.05, 3.63) is 16.8 Å². The number of thiophene rings is 1. The number of morpholine rings is 1. The Hall–Kier alpha value is -1.73. The molecule has 106 valence electrons. The highest BCUT2D eigenvalue weighted by molar-refractivity contribution is 7.08. The molecular formula is C13H17N5OS. The molecule has 0 radical (unpaired) electrons. The molecule has 0 atom stereocenters. The van der Waals surface area contributed by atoms with Gasteiger partial charge in [-0.3, -0.25) is 0 Å². The fourth-order valence-corrected chi connectivity index (χ4v) is 2.66. The number of nitrogens with one attached hydrogen (secondary N) is 1. The van der Waals surface area contributed by atoms with E-state index in [2.05, 4.69) is 25.2 Å². The van der Waals surface area contributed by atoms with Crippen LogP contribution >= 0.6 is 11.3 Å². The number of ether oxygens (including phenoxy) is 1. The maximum atomic E-state index is 5.37. The van der Waals surface area contributed by atoms with Crippen molar-refractivity contribution in [2.45, 2.75) is 6.92 Å². The van der Waals surface area contributed by atoms with E-state index >= 15 is 0 Å². The van der Waals surface area contributed by atoms with Gasteiger partial charge >= 0.3 is 0 Å². The van der Waals surface area contributed by atoms with E-state index in [9.17, 15) is 0 Å². The fraction of sp³-hybridized carbons (Fsp3) is 0.462. The first-order chi connectivity index (χ1) is 9.86. The number of aromatic nitrogens is 3. The van der Waals surface area contributed by atoms with Gasteiger partial charge in [-0.15, -0.1) is 0 Å². The van der Waals surface area contributed by atoms with Crippen LogP contribution in [0, 0.1) is 0 Å². The monoisotopic (exact) mass is 291 g/mol. The van der Waals surface area contributed by atoms with Gasteiger partial charge in [0.1, 0.15) is 0 Å². The van der Waals surface area contributed by atoms with E-state index in [4.69, 9.17) is 4.74 Å². The Morgan fingerprint density at radius 3 is 2.85 bits per heavy atom. The molecule has 7 heteroatoms. The Morgan fingerprint density at radius 1 is 1.30 bits per heavy atom. The minimum atomic E-state index is 0.630. The number of hydrogen-bond donors (Lipinski definition) is 1. The third-order valence-electron chi connectivity index (χ3n) is 3.03. The minimum Gasteiger partial charge on any atom is -0.378 e. The summed E-state index contributed by atoms with van der Waals surface area (Å²) in [4.78, 5) is 15.7. The largest absolute Gasteiger partial charge is 0.378 e. The van der Waals surface area contributed by atoms with Crippen LogP contribution in [0.4, 0.5) is 11.9 Å². The van der Waals surface area contributed by atoms with E-state index < -0.39 is 0 Å². The molecule has 0 aromatic carbocycles. The summed E-state index contributed by atoms with van der Waals surface area (Å²) in [6.07, 6.45) is 0. The third kappa shape index (κ3) is 2.88. The maximum absolute atomic E-state index is 5.37. The maximum Gasteiger partial charge on any atom is 0.230 e. The predicted octanol–water partition coefficient (Wildman–Crippen LogP) is 1.87. The van der Waals surface area contributed by atoms with Crippen molar-refractivity contribution in [2.75, 3.05) is 43.1 Å². The van der Waals surface area contributed by atoms with Crippen LogP contribution in [0.5, 0.6) is 0 Å². The zero-order valence-electron chi connectivity index (χ0n) is 11.4. The number of hydrogen-bond acceptors (Lipinski definition) is 7. The van der Waals surface area contributed by atoms with Crippen molar-refractivity contribution in [2.24, 2.45) is 0 Å². The first-order valence-corrected chi connectivity index (χ1v) is 7.66. The SMILES string of the molecule is CCNc1nc(-c2ccsc2)nc(N2CCOCC2)n1. The molecule has 0 saturated carbocycles. The van der Waals surface area contributed by atoms with Gasteiger partial charge in [0.05, 0.1) is 13.2 Å². The Kier molecular flexibility index (Phi) is 4.08. The second-order valence-electron chi connectivity index (χ2n) is 4.42. The van der Waals surface area contributed by atoms with Crippen LogP contribution in [0.25, 0.3) is 11.4 Å². The van der Waals surface area contributed by atoms with Gasteiger partial charge in [-0.2, -0.15) is 26.3 Å². The van der Waals surface area contributed by atoms with E-state index in [1.165, 1.54) is 0 Å². The Labute approximate surface area is 121 Å². The lowest BCUT2D eigenvalue weighted by Gasteiger charge is -2.27. The van der Waals surface area contributed by atoms with E-state index in [0.717, 1.165) is 50.2 Å². The average molecular weight is 291 g/mol. The van der Waals surface area contributed by atoms with Crippen LogP contribution in [0.2, 0.25) is 0 Å². The summed E-state index contributed by atoms with van der Waals surface area (Å²) in [5.41, 5.74) is 1.03. The summed E-state index contributed by atoms with van der Waals surface area (Å²) in [5, 5.41) is 7.25. The molecule has 1 saturated heterocycles. The standard InChI is InChI=1S/C13H17N5OS/c1-2-14-12-15-11(10-3-8-20-9-10)16-13(17-12)18-4-6-19-7-5-18/h3,8-9H,2,4-7H2,1H3,(H,14,15,16,17). The summed E-state index contributed by atoms with van der Waals surface area (Å²) in [6.45, 7) is 5.89. The third-order valence-corrected chi connectivity index (χ3v) is 3.72. The topological polar surface area (TPSA) is 63.2 Å². The van der Waals surface area contributed by atoms with Crippen molar-refractivity contribution < 1.29 is 4.74 Å². The van der Waals surface area contributed by atoms with Gasteiger partial charge in [0, 0.05) is 30.6 Å². The van der Waals surface area contributed by atoms with E-state index in [1.54, 1.807) is 11.3 Å². The molecule has 0 aliphatic carbocycles. The van der Waals surface area contributed by atoms with E-state index in [-0.39, 0.29) is 0 Å². The van der Waals surface area contributed by atoms with Crippen molar-refractivity contribution >= 4 is 23.2 Å². The van der Waals surface area contributed by atoms with Crippen LogP contribution in [0.3, 0.4) is 0 Å². The zero-order valence-corrected chi connectivity index (χ0v) is 12.2. The summed E-state index contributed by atoms with van der Waals surface area (Å²) >= 11 is 1.64. The molecule has 0 spiro atoms. The molecular weight excluding hydrogens is 274 g/mol. The van der Waals surface area contributed by atoms with Crippen LogP contribution in [-0.2, 0) is 4.74 Å². The average Bonchev–Trinajstić information content (AvgIpc) is 3.02. The Balaban J connectivity index is 1.95. The Morgan fingerprint density at radius 2 is 2.15 bits per heavy atom. The number of nitrogens with zero attached hydrogens (tertiary/aromatic N) is 4. The molecule has 0 bridgehead atoms. The van der Waals surface area contributed by atoms with Crippen molar-refractivity contribution in [1.29, 1.82) is 0 Å². The zero-order chi connectivity index (χ0) is 13.8. The lowest BCUT2D eigenvalue weighted by molar-refractivity contribution is 0.122. The molecule has 3 heterocycles. The highest BCUT2D eigenvalue weighted by Crippen LogP contribution is 2.22. The first-order valence-electron chi connectivity index (χ1n) is 6.72. The number of anilines is 2. The molecule has 3 rings (SSSR count). The van der Waals surface area contributed by atoms with Crippen molar-refractivity contribution in [3.63, 3.8) is 0 Å². The van der Waals surface area contributed by atoms with Gasteiger partial charge in [-0.25, -0.2) is 0 Å². The van der Waals surface area contributed by atoms with Crippen LogP contribution in [0.1, 0.15) is 6.92 Å². The Bertz CT molecular complexity index is 554. The van der Waals surface area contributed by atoms with Crippen LogP contribution < -0.4 is 10.2 Å². The summed E-state index contributed by atoms with van der Waals surface area (Å²) in [6, 6.07) is 2.03. The van der Waals surface area contributed by atoms with Gasteiger partial charge in [0.2, 0.25) is 11.9 Å². The lowest BCUT2D eigenvalue weighted by atomic mass is 10.3. The molecule has 6 nitrogen and oxygen atoms in total. The van der Waals surface area contributed by atoms with Crippen LogP contribution in [-0.4, -0.2) is 47.8 Å². The summed E-state index contributed by atoms with van der Waals surface area (Å²) in [7, 11) is 0. The molecule has 2 aromatic rings. The van der Waals surface area contributed by atoms with Crippen LogP contribution in [0.15, 0.2) is 16.8 Å². The van der Waals surface area contributed by atoms with Gasteiger partial charge in [-0.05, 0) is 18.4 Å². The highest BCUT2D eigenvalue weighted by atomic mass is 32.1. The van der Waals surface area contributed by atoms with Crippen molar-refractivity contribution in [3.8, 4) is 11.4 Å². The second kappa shape index (κ2) is 6.15. The molecule has 1 aliphatic rings. The normalized spacial score (nSPS) is 15.3. The molecule has 1 fully saturated rings. The quantitative estimate of drug-likeness (QED) is 0.928. The molecule has 1 N–H and O–H groups in total. The molecule has 0 unspecified atom stereocenters. The second-order valence-corrected chi connectivity index (χ2v) is 5.20. The highest BCUT2D eigenvalue weighted by Gasteiger charge is 2.17. The van der Waals surface area contributed by atoms with Gasteiger partial charge in [0.15, 0.2) is 5.82 Å². The fourth-order valence-electron chi connectivity index (χ4n) is 2.03. The van der Waals surface area contributed by atoms with E-state index in [1.807, 2.05) is 23.8 Å². The minimum absolute atomic E-state index is 0.630. The summed E-state index contributed by atoms with van der Waals surface area (Å²) in [5.74, 6) is 2.07. The number of rotatable bonds is 4.